The molecular weight excluding hydrogens is 344 g/mol. The molecule has 3 rings (SSSR count). The smallest absolute Gasteiger partial charge is 0.274 e. The van der Waals surface area contributed by atoms with Gasteiger partial charge in [0.2, 0.25) is 0 Å². The minimum atomic E-state index is -0.247. The molecule has 0 unspecified atom stereocenters. The molecule has 0 spiro atoms. The molecule has 0 bridgehead atoms. The summed E-state index contributed by atoms with van der Waals surface area (Å²) >= 11 is 7.44. The zero-order valence-electron chi connectivity index (χ0n) is 13.3. The van der Waals surface area contributed by atoms with Crippen LogP contribution in [-0.2, 0) is 0 Å². The van der Waals surface area contributed by atoms with Gasteiger partial charge >= 0.3 is 0 Å². The zero-order chi connectivity index (χ0) is 17.4. The van der Waals surface area contributed by atoms with E-state index in [-0.39, 0.29) is 5.91 Å². The van der Waals surface area contributed by atoms with Gasteiger partial charge in [0.05, 0.1) is 10.6 Å². The Balaban J connectivity index is 0.00000100. The number of nitrogens with zero attached hydrogens (tertiary/aromatic N) is 3. The summed E-state index contributed by atoms with van der Waals surface area (Å²) in [7, 11) is 0. The van der Waals surface area contributed by atoms with Gasteiger partial charge in [0, 0.05) is 24.8 Å². The van der Waals surface area contributed by atoms with E-state index in [1.165, 1.54) is 11.9 Å². The van der Waals surface area contributed by atoms with Crippen molar-refractivity contribution in [1.82, 2.24) is 13.9 Å². The topological polar surface area (TPSA) is 59.8 Å². The summed E-state index contributed by atoms with van der Waals surface area (Å²) in [6, 6.07) is 10.7. The molecule has 0 aliphatic carbocycles. The van der Waals surface area contributed by atoms with Crippen molar-refractivity contribution in [3.63, 3.8) is 0 Å². The first-order valence-electron chi connectivity index (χ1n) is 7.41. The van der Waals surface area contributed by atoms with Crippen molar-refractivity contribution in [3.05, 3.63) is 72.0 Å². The molecule has 7 heteroatoms. The van der Waals surface area contributed by atoms with Crippen LogP contribution in [0.1, 0.15) is 24.3 Å². The number of hydrogen-bond donors (Lipinski definition) is 1. The number of carbonyl (C=O) groups excluding carboxylic acids is 1. The van der Waals surface area contributed by atoms with Crippen molar-refractivity contribution in [2.24, 2.45) is 0 Å². The second kappa shape index (κ2) is 9.10. The van der Waals surface area contributed by atoms with Crippen LogP contribution >= 0.6 is 23.5 Å². The fraction of sp³-hybridized carbons (Fsp3) is 0.118. The number of hydrogen-bond acceptors (Lipinski definition) is 4. The predicted molar refractivity (Wildman–Crippen MR) is 98.5 cm³/mol. The number of amides is 1. The first-order valence-corrected chi connectivity index (χ1v) is 8.57. The second-order valence-electron chi connectivity index (χ2n) is 4.31. The highest BCUT2D eigenvalue weighted by molar-refractivity contribution is 7.98. The van der Waals surface area contributed by atoms with Crippen LogP contribution in [-0.4, -0.2) is 19.8 Å². The fourth-order valence-electron chi connectivity index (χ4n) is 1.75. The highest BCUT2D eigenvalue weighted by atomic mass is 35.5. The van der Waals surface area contributed by atoms with Gasteiger partial charge < -0.3 is 5.32 Å². The number of halogens is 1. The van der Waals surface area contributed by atoms with E-state index in [4.69, 9.17) is 11.6 Å². The molecule has 0 aliphatic rings. The maximum absolute atomic E-state index is 12.0. The summed E-state index contributed by atoms with van der Waals surface area (Å²) in [4.78, 5) is 20.9. The quantitative estimate of drug-likeness (QED) is 0.681. The molecule has 0 aromatic carbocycles. The molecule has 0 atom stereocenters. The normalized spacial score (nSPS) is 9.79. The summed E-state index contributed by atoms with van der Waals surface area (Å²) in [5, 5.41) is 3.24. The molecule has 0 saturated heterocycles. The van der Waals surface area contributed by atoms with E-state index in [1.54, 1.807) is 42.9 Å². The number of pyridine rings is 2. The summed E-state index contributed by atoms with van der Waals surface area (Å²) in [5.74, 6) is -0.247. The van der Waals surface area contributed by atoms with Gasteiger partial charge in [-0.2, -0.15) is 0 Å². The Labute approximate surface area is 150 Å². The van der Waals surface area contributed by atoms with Crippen molar-refractivity contribution in [2.75, 3.05) is 5.32 Å². The maximum Gasteiger partial charge on any atom is 0.274 e. The second-order valence-corrected chi connectivity index (χ2v) is 5.71. The highest BCUT2D eigenvalue weighted by Crippen LogP contribution is 2.27. The van der Waals surface area contributed by atoms with Crippen LogP contribution in [0.15, 0.2) is 66.1 Å². The lowest BCUT2D eigenvalue weighted by Gasteiger charge is -2.03. The Kier molecular flexibility index (Phi) is 6.84. The highest BCUT2D eigenvalue weighted by Gasteiger charge is 2.08. The summed E-state index contributed by atoms with van der Waals surface area (Å²) in [6.07, 6.45) is 6.86. The Bertz CT molecular complexity index is 792. The molecule has 0 saturated carbocycles. The Morgan fingerprint density at radius 3 is 2.62 bits per heavy atom. The van der Waals surface area contributed by atoms with Crippen LogP contribution in [0.2, 0.25) is 5.15 Å². The molecular formula is C17H17ClN4OS. The van der Waals surface area contributed by atoms with Crippen LogP contribution in [0, 0.1) is 0 Å². The van der Waals surface area contributed by atoms with Crippen LogP contribution in [0.5, 0.6) is 0 Å². The molecule has 5 nitrogen and oxygen atoms in total. The third-order valence-corrected chi connectivity index (χ3v) is 4.13. The maximum atomic E-state index is 12.0. The number of nitrogens with one attached hydrogen (secondary N) is 1. The molecule has 124 valence electrons. The summed E-state index contributed by atoms with van der Waals surface area (Å²) < 4.78 is 1.84. The molecule has 0 aliphatic heterocycles. The third kappa shape index (κ3) is 4.84. The monoisotopic (exact) mass is 360 g/mol. The average molecular weight is 361 g/mol. The van der Waals surface area contributed by atoms with Gasteiger partial charge in [-0.1, -0.05) is 31.5 Å². The lowest BCUT2D eigenvalue weighted by atomic mass is 10.3. The van der Waals surface area contributed by atoms with Gasteiger partial charge in [0.1, 0.15) is 10.8 Å². The van der Waals surface area contributed by atoms with Crippen LogP contribution < -0.4 is 5.32 Å². The Morgan fingerprint density at radius 1 is 1.12 bits per heavy atom. The van der Waals surface area contributed by atoms with E-state index in [2.05, 4.69) is 15.3 Å². The third-order valence-electron chi connectivity index (χ3n) is 2.75. The SMILES string of the molecule is CC.O=C(Nc1ccn(Sc2cccnc2Cl)c1)c1ccccn1. The summed E-state index contributed by atoms with van der Waals surface area (Å²) in [6.45, 7) is 4.00. The Morgan fingerprint density at radius 2 is 1.92 bits per heavy atom. The molecule has 3 aromatic heterocycles. The van der Waals surface area contributed by atoms with Gasteiger partial charge in [-0.05, 0) is 42.3 Å². The van der Waals surface area contributed by atoms with E-state index in [0.29, 0.717) is 16.5 Å². The van der Waals surface area contributed by atoms with Gasteiger partial charge in [0.25, 0.3) is 5.91 Å². The molecule has 0 fully saturated rings. The zero-order valence-corrected chi connectivity index (χ0v) is 14.9. The molecule has 3 aromatic rings. The minimum Gasteiger partial charge on any atom is -0.319 e. The van der Waals surface area contributed by atoms with E-state index < -0.39 is 0 Å². The van der Waals surface area contributed by atoms with E-state index in [0.717, 1.165) is 4.90 Å². The first kappa shape index (κ1) is 18.0. The lowest BCUT2D eigenvalue weighted by molar-refractivity contribution is 0.102. The van der Waals surface area contributed by atoms with E-state index in [9.17, 15) is 4.79 Å². The van der Waals surface area contributed by atoms with E-state index >= 15 is 0 Å². The van der Waals surface area contributed by atoms with Gasteiger partial charge in [-0.15, -0.1) is 0 Å². The average Bonchev–Trinajstić information content (AvgIpc) is 3.06. The van der Waals surface area contributed by atoms with Crippen molar-refractivity contribution in [2.45, 2.75) is 18.7 Å². The number of anilines is 1. The molecule has 0 radical (unpaired) electrons. The molecule has 3 heterocycles. The van der Waals surface area contributed by atoms with Crippen LogP contribution in [0.4, 0.5) is 5.69 Å². The van der Waals surface area contributed by atoms with Crippen molar-refractivity contribution < 1.29 is 4.79 Å². The minimum absolute atomic E-state index is 0.247. The number of rotatable bonds is 4. The van der Waals surface area contributed by atoms with Crippen LogP contribution in [0.3, 0.4) is 0 Å². The number of carbonyl (C=O) groups is 1. The Hall–Kier alpha value is -2.31. The molecule has 1 amide bonds. The van der Waals surface area contributed by atoms with Gasteiger partial charge in [0.15, 0.2) is 0 Å². The largest absolute Gasteiger partial charge is 0.319 e. The van der Waals surface area contributed by atoms with Crippen molar-refractivity contribution >= 4 is 35.1 Å². The first-order chi connectivity index (χ1) is 11.7. The fourth-order valence-corrected chi connectivity index (χ4v) is 2.76. The standard InChI is InChI=1S/C15H11ClN4OS.C2H6/c16-14-13(5-3-8-18-14)22-20-9-6-11(10-20)19-15(21)12-4-1-2-7-17-12;1-2/h1-10H,(H,19,21);1-2H3. The van der Waals surface area contributed by atoms with Gasteiger partial charge in [-0.3, -0.25) is 13.8 Å². The summed E-state index contributed by atoms with van der Waals surface area (Å²) in [5.41, 5.74) is 1.06. The van der Waals surface area contributed by atoms with Crippen LogP contribution in [0.25, 0.3) is 0 Å². The van der Waals surface area contributed by atoms with Crippen molar-refractivity contribution in [1.29, 1.82) is 0 Å². The van der Waals surface area contributed by atoms with Gasteiger partial charge in [-0.25, -0.2) is 4.98 Å². The molecule has 24 heavy (non-hydrogen) atoms. The molecule has 1 N–H and O–H groups in total. The predicted octanol–water partition coefficient (Wildman–Crippen LogP) is 4.77. The number of aromatic nitrogens is 3. The van der Waals surface area contributed by atoms with E-state index in [1.807, 2.05) is 36.1 Å². The lowest BCUT2D eigenvalue weighted by Crippen LogP contribution is -2.12. The van der Waals surface area contributed by atoms with Crippen molar-refractivity contribution in [3.8, 4) is 0 Å².